The summed E-state index contributed by atoms with van der Waals surface area (Å²) in [6, 6.07) is 7.14. The Labute approximate surface area is 230 Å². The van der Waals surface area contributed by atoms with E-state index < -0.39 is 0 Å². The molecule has 208 valence electrons. The zero-order chi connectivity index (χ0) is 28.1. The second-order valence-electron chi connectivity index (χ2n) is 8.91. The number of thiophene rings is 1. The van der Waals surface area contributed by atoms with Crippen LogP contribution in [0.3, 0.4) is 0 Å². The maximum Gasteiger partial charge on any atom is 0.261 e. The van der Waals surface area contributed by atoms with E-state index in [4.69, 9.17) is 11.1 Å². The van der Waals surface area contributed by atoms with E-state index in [9.17, 15) is 14.4 Å². The average molecular weight is 543 g/mol. The van der Waals surface area contributed by atoms with Crippen LogP contribution in [0.25, 0.3) is 0 Å². The van der Waals surface area contributed by atoms with E-state index in [-0.39, 0.29) is 11.8 Å². The van der Waals surface area contributed by atoms with Crippen molar-refractivity contribution >= 4 is 41.5 Å². The van der Waals surface area contributed by atoms with Crippen molar-refractivity contribution < 1.29 is 14.4 Å². The molecular weight excluding hydrogens is 500 g/mol. The van der Waals surface area contributed by atoms with Crippen LogP contribution in [-0.2, 0) is 17.8 Å². The summed E-state index contributed by atoms with van der Waals surface area (Å²) >= 11 is 1.58. The number of benzene rings is 1. The molecule has 2 aliphatic rings. The highest BCUT2D eigenvalue weighted by atomic mass is 32.1. The normalized spacial score (nSPS) is 15.1. The van der Waals surface area contributed by atoms with Crippen LogP contribution in [-0.4, -0.2) is 73.0 Å². The van der Waals surface area contributed by atoms with Crippen molar-refractivity contribution in [1.29, 1.82) is 5.41 Å². The second kappa shape index (κ2) is 15.9. The smallest absolute Gasteiger partial charge is 0.261 e. The summed E-state index contributed by atoms with van der Waals surface area (Å²) < 4.78 is 0. The van der Waals surface area contributed by atoms with Gasteiger partial charge in [0.1, 0.15) is 0 Å². The van der Waals surface area contributed by atoms with Crippen LogP contribution in [0.1, 0.15) is 76.6 Å². The lowest BCUT2D eigenvalue weighted by molar-refractivity contribution is -0.118. The summed E-state index contributed by atoms with van der Waals surface area (Å²) in [5.74, 6) is -0.0948. The number of hydrogen-bond acceptors (Lipinski definition) is 7. The molecule has 0 radical (unpaired) electrons. The molecule has 9 nitrogen and oxygen atoms in total. The number of amides is 3. The van der Waals surface area contributed by atoms with Gasteiger partial charge < -0.3 is 31.6 Å². The first kappa shape index (κ1) is 31.0. The summed E-state index contributed by atoms with van der Waals surface area (Å²) in [4.78, 5) is 40.9. The molecule has 1 saturated heterocycles. The van der Waals surface area contributed by atoms with Gasteiger partial charge in [-0.2, -0.15) is 0 Å². The van der Waals surface area contributed by atoms with Crippen LogP contribution in [0.2, 0.25) is 0 Å². The highest BCUT2D eigenvalue weighted by molar-refractivity contribution is 7.14. The van der Waals surface area contributed by atoms with Crippen LogP contribution >= 0.6 is 11.3 Å². The Bertz CT molecular complexity index is 1080. The molecule has 1 aromatic heterocycles. The molecule has 0 unspecified atom stereocenters. The standard InChI is InChI=1S/C16H23N3O2S.C10H13N3O.C2H6/c1-2-18-6-3-13(4-7-18)17-16(21)15-9-12-10-19(11-20)8-5-14(12)22-15;1-2-13-10(14)7-3-4-9(12)8(5-7)6-11;1-2/h9,11,13H,2-8,10H2,1H3,(H,17,21);3-6,11H,2,12H2,1H3,(H,13,14);1-2H3. The molecule has 0 aliphatic carbocycles. The average Bonchev–Trinajstić information content (AvgIpc) is 3.39. The number of carbonyl (C=O) groups excluding carboxylic acids is 3. The van der Waals surface area contributed by atoms with Gasteiger partial charge >= 0.3 is 0 Å². The third kappa shape index (κ3) is 8.66. The lowest BCUT2D eigenvalue weighted by Crippen LogP contribution is -2.44. The third-order valence-electron chi connectivity index (χ3n) is 6.48. The molecule has 0 spiro atoms. The molecule has 3 amide bonds. The quantitative estimate of drug-likeness (QED) is 0.242. The molecule has 2 aliphatic heterocycles. The van der Waals surface area contributed by atoms with E-state index >= 15 is 0 Å². The Kier molecular flexibility index (Phi) is 12.9. The first-order chi connectivity index (χ1) is 18.4. The number of fused-ring (bicyclic) bond motifs is 1. The summed E-state index contributed by atoms with van der Waals surface area (Å²) in [6.07, 6.45) is 4.95. The van der Waals surface area contributed by atoms with E-state index in [1.54, 1.807) is 34.4 Å². The van der Waals surface area contributed by atoms with Gasteiger partial charge in [0, 0.05) is 66.7 Å². The van der Waals surface area contributed by atoms with Gasteiger partial charge in [-0.05, 0) is 62.6 Å². The van der Waals surface area contributed by atoms with Crippen LogP contribution in [0, 0.1) is 5.41 Å². The molecule has 4 rings (SSSR count). The molecule has 0 bridgehead atoms. The van der Waals surface area contributed by atoms with Crippen molar-refractivity contribution in [2.75, 3.05) is 38.5 Å². The maximum atomic E-state index is 12.4. The van der Waals surface area contributed by atoms with Crippen molar-refractivity contribution in [1.82, 2.24) is 20.4 Å². The molecule has 1 aromatic carbocycles. The monoisotopic (exact) mass is 542 g/mol. The van der Waals surface area contributed by atoms with Crippen molar-refractivity contribution in [3.63, 3.8) is 0 Å². The number of carbonyl (C=O) groups is 3. The Morgan fingerprint density at radius 3 is 2.45 bits per heavy atom. The molecule has 2 aromatic rings. The highest BCUT2D eigenvalue weighted by Gasteiger charge is 2.24. The van der Waals surface area contributed by atoms with Gasteiger partial charge in [-0.15, -0.1) is 11.3 Å². The topological polar surface area (TPSA) is 132 Å². The summed E-state index contributed by atoms with van der Waals surface area (Å²) in [6.45, 7) is 13.2. The number of nitrogens with one attached hydrogen (secondary N) is 3. The first-order valence-corrected chi connectivity index (χ1v) is 14.2. The zero-order valence-corrected chi connectivity index (χ0v) is 23.8. The maximum absolute atomic E-state index is 12.4. The van der Waals surface area contributed by atoms with Crippen LogP contribution in [0.5, 0.6) is 0 Å². The first-order valence-electron chi connectivity index (χ1n) is 13.4. The van der Waals surface area contributed by atoms with Gasteiger partial charge in [-0.1, -0.05) is 20.8 Å². The molecule has 38 heavy (non-hydrogen) atoms. The minimum Gasteiger partial charge on any atom is -0.398 e. The Hall–Kier alpha value is -3.24. The minimum absolute atomic E-state index is 0.0481. The molecule has 3 heterocycles. The van der Waals surface area contributed by atoms with E-state index in [1.165, 1.54) is 4.88 Å². The Morgan fingerprint density at radius 1 is 1.13 bits per heavy atom. The number of hydrogen-bond donors (Lipinski definition) is 4. The van der Waals surface area contributed by atoms with E-state index in [1.807, 2.05) is 26.8 Å². The molecule has 0 saturated carbocycles. The predicted octanol–water partition coefficient (Wildman–Crippen LogP) is 3.52. The summed E-state index contributed by atoms with van der Waals surface area (Å²) in [7, 11) is 0. The number of rotatable bonds is 7. The number of anilines is 1. The van der Waals surface area contributed by atoms with E-state index in [0.29, 0.717) is 35.9 Å². The summed E-state index contributed by atoms with van der Waals surface area (Å²) in [5, 5.41) is 12.9. The predicted molar refractivity (Wildman–Crippen MR) is 155 cm³/mol. The van der Waals surface area contributed by atoms with Crippen LogP contribution in [0.15, 0.2) is 24.3 Å². The van der Waals surface area contributed by atoms with E-state index in [0.717, 1.165) is 68.5 Å². The Balaban J connectivity index is 0.000000274. The number of nitrogens with two attached hydrogens (primary N) is 1. The Morgan fingerprint density at radius 2 is 1.84 bits per heavy atom. The second-order valence-corrected chi connectivity index (χ2v) is 10.1. The van der Waals surface area contributed by atoms with Crippen LogP contribution in [0.4, 0.5) is 5.69 Å². The SMILES string of the molecule is CC.CCN1CCC(NC(=O)c2cc3c(s2)CCN(C=O)C3)CC1.CCNC(=O)c1ccc(N)c(C=N)c1. The third-order valence-corrected chi connectivity index (χ3v) is 7.72. The van der Waals surface area contributed by atoms with Crippen molar-refractivity contribution in [2.45, 2.75) is 59.5 Å². The molecule has 5 N–H and O–H groups in total. The van der Waals surface area contributed by atoms with Gasteiger partial charge in [0.2, 0.25) is 6.41 Å². The molecule has 1 fully saturated rings. The number of nitrogen functional groups attached to an aromatic ring is 1. The largest absolute Gasteiger partial charge is 0.398 e. The fourth-order valence-corrected chi connectivity index (χ4v) is 5.38. The van der Waals surface area contributed by atoms with Gasteiger partial charge in [0.25, 0.3) is 11.8 Å². The fourth-order valence-electron chi connectivity index (χ4n) is 4.31. The van der Waals surface area contributed by atoms with Crippen molar-refractivity contribution in [3.05, 3.63) is 50.7 Å². The van der Waals surface area contributed by atoms with Gasteiger partial charge in [-0.3, -0.25) is 14.4 Å². The lowest BCUT2D eigenvalue weighted by atomic mass is 10.0. The highest BCUT2D eigenvalue weighted by Crippen LogP contribution is 2.28. The van der Waals surface area contributed by atoms with Gasteiger partial charge in [-0.25, -0.2) is 0 Å². The van der Waals surface area contributed by atoms with Crippen LogP contribution < -0.4 is 16.4 Å². The number of likely N-dealkylation sites (tertiary alicyclic amines) is 1. The number of piperidine rings is 1. The van der Waals surface area contributed by atoms with Crippen molar-refractivity contribution in [3.8, 4) is 0 Å². The molecule has 10 heteroatoms. The van der Waals surface area contributed by atoms with Gasteiger partial charge in [0.05, 0.1) is 4.88 Å². The minimum atomic E-state index is -0.143. The summed E-state index contributed by atoms with van der Waals surface area (Å²) in [5.41, 5.74) is 8.32. The zero-order valence-electron chi connectivity index (χ0n) is 23.0. The lowest BCUT2D eigenvalue weighted by Gasteiger charge is -2.31. The molecule has 0 atom stereocenters. The van der Waals surface area contributed by atoms with Gasteiger partial charge in [0.15, 0.2) is 0 Å². The molecular formula is C28H42N6O3S. The fraction of sp³-hybridized carbons (Fsp3) is 0.500. The van der Waals surface area contributed by atoms with Crippen molar-refractivity contribution in [2.24, 2.45) is 0 Å². The van der Waals surface area contributed by atoms with E-state index in [2.05, 4.69) is 22.5 Å². The number of nitrogens with zero attached hydrogens (tertiary/aromatic N) is 2.